The molecule has 2 nitrogen and oxygen atoms in total. The molecular formula is C8H7BrN2S. The first-order chi connectivity index (χ1) is 5.66. The highest BCUT2D eigenvalue weighted by Crippen LogP contribution is 2.27. The van der Waals surface area contributed by atoms with Crippen LogP contribution in [0.25, 0.3) is 10.2 Å². The van der Waals surface area contributed by atoms with Crippen molar-refractivity contribution in [2.75, 3.05) is 0 Å². The monoisotopic (exact) mass is 242 g/mol. The summed E-state index contributed by atoms with van der Waals surface area (Å²) in [5, 5.41) is 0. The lowest BCUT2D eigenvalue weighted by molar-refractivity contribution is 1.14. The molecule has 0 aliphatic heterocycles. The molecule has 2 rings (SSSR count). The number of aryl methyl sites for hydroxylation is 2. The van der Waals surface area contributed by atoms with Crippen LogP contribution in [0.15, 0.2) is 9.98 Å². The summed E-state index contributed by atoms with van der Waals surface area (Å²) < 4.78 is 2.12. The van der Waals surface area contributed by atoms with Gasteiger partial charge in [0.1, 0.15) is 5.52 Å². The van der Waals surface area contributed by atoms with Crippen LogP contribution < -0.4 is 0 Å². The number of halogens is 1. The van der Waals surface area contributed by atoms with Gasteiger partial charge >= 0.3 is 0 Å². The van der Waals surface area contributed by atoms with Gasteiger partial charge in [0.05, 0.1) is 10.4 Å². The summed E-state index contributed by atoms with van der Waals surface area (Å²) in [7, 11) is 0. The van der Waals surface area contributed by atoms with E-state index in [1.54, 1.807) is 11.3 Å². The van der Waals surface area contributed by atoms with Gasteiger partial charge in [-0.3, -0.25) is 4.98 Å². The third-order valence-electron chi connectivity index (χ3n) is 1.65. The Hall–Kier alpha value is -0.480. The van der Waals surface area contributed by atoms with Gasteiger partial charge in [-0.05, 0) is 35.8 Å². The van der Waals surface area contributed by atoms with E-state index < -0.39 is 0 Å². The van der Waals surface area contributed by atoms with Crippen LogP contribution in [-0.4, -0.2) is 9.97 Å². The molecule has 2 aromatic heterocycles. The average Bonchev–Trinajstić information content (AvgIpc) is 2.29. The molecule has 0 aliphatic carbocycles. The maximum absolute atomic E-state index is 4.34. The van der Waals surface area contributed by atoms with E-state index in [0.717, 1.165) is 20.8 Å². The fraction of sp³-hybridized carbons (Fsp3) is 0.250. The van der Waals surface area contributed by atoms with Crippen molar-refractivity contribution in [3.05, 3.63) is 21.4 Å². The Morgan fingerprint density at radius 2 is 2.08 bits per heavy atom. The normalized spacial score (nSPS) is 10.9. The highest BCUT2D eigenvalue weighted by Gasteiger charge is 2.05. The highest BCUT2D eigenvalue weighted by atomic mass is 79.9. The van der Waals surface area contributed by atoms with Crippen LogP contribution in [0.2, 0.25) is 0 Å². The second-order valence-electron chi connectivity index (χ2n) is 2.66. The fourth-order valence-electron chi connectivity index (χ4n) is 1.20. The van der Waals surface area contributed by atoms with E-state index in [1.807, 2.05) is 13.8 Å². The van der Waals surface area contributed by atoms with E-state index in [2.05, 4.69) is 32.0 Å². The molecule has 0 aliphatic rings. The first-order valence-corrected chi connectivity index (χ1v) is 5.18. The summed E-state index contributed by atoms with van der Waals surface area (Å²) in [5.41, 5.74) is 3.07. The summed E-state index contributed by atoms with van der Waals surface area (Å²) in [4.78, 5) is 8.66. The lowest BCUT2D eigenvalue weighted by Gasteiger charge is -1.94. The van der Waals surface area contributed by atoms with Crippen LogP contribution in [0.1, 0.15) is 11.4 Å². The smallest absolute Gasteiger partial charge is 0.160 e. The van der Waals surface area contributed by atoms with E-state index >= 15 is 0 Å². The summed E-state index contributed by atoms with van der Waals surface area (Å²) in [5.74, 6) is 0. The lowest BCUT2D eigenvalue weighted by Crippen LogP contribution is -1.85. The molecular weight excluding hydrogens is 236 g/mol. The quantitative estimate of drug-likeness (QED) is 0.710. The van der Waals surface area contributed by atoms with Gasteiger partial charge in [-0.25, -0.2) is 4.98 Å². The molecule has 0 unspecified atom stereocenters. The zero-order valence-corrected chi connectivity index (χ0v) is 9.16. The van der Waals surface area contributed by atoms with Gasteiger partial charge in [0.25, 0.3) is 0 Å². The van der Waals surface area contributed by atoms with E-state index in [0.29, 0.717) is 0 Å². The fourth-order valence-corrected chi connectivity index (χ4v) is 2.74. The van der Waals surface area contributed by atoms with E-state index in [9.17, 15) is 0 Å². The zero-order chi connectivity index (χ0) is 8.72. The van der Waals surface area contributed by atoms with Crippen LogP contribution in [0, 0.1) is 13.8 Å². The van der Waals surface area contributed by atoms with Crippen LogP contribution >= 0.6 is 27.3 Å². The maximum Gasteiger partial charge on any atom is 0.160 e. The number of nitrogens with zero attached hydrogens (tertiary/aromatic N) is 2. The van der Waals surface area contributed by atoms with E-state index in [1.165, 1.54) is 4.70 Å². The van der Waals surface area contributed by atoms with Crippen molar-refractivity contribution in [2.45, 2.75) is 13.8 Å². The van der Waals surface area contributed by atoms with Crippen LogP contribution in [0.5, 0.6) is 0 Å². The molecule has 62 valence electrons. The molecule has 4 heteroatoms. The Morgan fingerprint density at radius 1 is 1.33 bits per heavy atom. The van der Waals surface area contributed by atoms with E-state index in [-0.39, 0.29) is 0 Å². The van der Waals surface area contributed by atoms with Gasteiger partial charge < -0.3 is 0 Å². The zero-order valence-electron chi connectivity index (χ0n) is 6.76. The molecule has 0 radical (unpaired) electrons. The van der Waals surface area contributed by atoms with Crippen molar-refractivity contribution in [3.8, 4) is 0 Å². The molecule has 0 saturated heterocycles. The standard InChI is InChI=1S/C8H7BrN2S/c1-4-3-6-7(5(2)10-4)11-8(9)12-6/h3H,1-2H3. The Balaban J connectivity index is 2.88. The predicted molar refractivity (Wildman–Crippen MR) is 54.6 cm³/mol. The minimum atomic E-state index is 0.924. The van der Waals surface area contributed by atoms with Gasteiger partial charge in [-0.2, -0.15) is 0 Å². The van der Waals surface area contributed by atoms with Crippen molar-refractivity contribution >= 4 is 37.5 Å². The number of aromatic nitrogens is 2. The number of thiazole rings is 1. The number of hydrogen-bond donors (Lipinski definition) is 0. The third-order valence-corrected chi connectivity index (χ3v) is 3.11. The first-order valence-electron chi connectivity index (χ1n) is 3.57. The summed E-state index contributed by atoms with van der Waals surface area (Å²) in [6, 6.07) is 2.06. The molecule has 0 atom stereocenters. The first kappa shape index (κ1) is 8.13. The SMILES string of the molecule is Cc1cc2sc(Br)nc2c(C)n1. The second-order valence-corrected chi connectivity index (χ2v) is 4.97. The van der Waals surface area contributed by atoms with Crippen molar-refractivity contribution in [1.29, 1.82) is 0 Å². The average molecular weight is 243 g/mol. The molecule has 0 spiro atoms. The molecule has 0 bridgehead atoms. The summed E-state index contributed by atoms with van der Waals surface area (Å²) in [6.45, 7) is 3.99. The molecule has 12 heavy (non-hydrogen) atoms. The molecule has 2 heterocycles. The summed E-state index contributed by atoms with van der Waals surface area (Å²) >= 11 is 5.01. The molecule has 0 aromatic carbocycles. The van der Waals surface area contributed by atoms with Gasteiger partial charge in [0.15, 0.2) is 3.92 Å². The van der Waals surface area contributed by atoms with Crippen molar-refractivity contribution < 1.29 is 0 Å². The molecule has 0 saturated carbocycles. The number of hydrogen-bond acceptors (Lipinski definition) is 3. The molecule has 0 amide bonds. The highest BCUT2D eigenvalue weighted by molar-refractivity contribution is 9.11. The van der Waals surface area contributed by atoms with Gasteiger partial charge in [0.2, 0.25) is 0 Å². The largest absolute Gasteiger partial charge is 0.256 e. The number of fused-ring (bicyclic) bond motifs is 1. The molecule has 2 aromatic rings. The molecule has 0 fully saturated rings. The second kappa shape index (κ2) is 2.78. The Bertz CT molecular complexity index is 436. The Morgan fingerprint density at radius 3 is 2.83 bits per heavy atom. The number of pyridine rings is 1. The lowest BCUT2D eigenvalue weighted by atomic mass is 10.3. The van der Waals surface area contributed by atoms with Crippen LogP contribution in [0.4, 0.5) is 0 Å². The van der Waals surface area contributed by atoms with E-state index in [4.69, 9.17) is 0 Å². The maximum atomic E-state index is 4.34. The van der Waals surface area contributed by atoms with Crippen molar-refractivity contribution in [3.63, 3.8) is 0 Å². The van der Waals surface area contributed by atoms with Gasteiger partial charge in [0, 0.05) is 5.69 Å². The number of rotatable bonds is 0. The summed E-state index contributed by atoms with van der Waals surface area (Å²) in [6.07, 6.45) is 0. The van der Waals surface area contributed by atoms with Crippen LogP contribution in [0.3, 0.4) is 0 Å². The topological polar surface area (TPSA) is 25.8 Å². The van der Waals surface area contributed by atoms with Crippen LogP contribution in [-0.2, 0) is 0 Å². The van der Waals surface area contributed by atoms with Gasteiger partial charge in [-0.1, -0.05) is 0 Å². The molecule has 0 N–H and O–H groups in total. The minimum Gasteiger partial charge on any atom is -0.256 e. The Kier molecular flexibility index (Phi) is 1.88. The predicted octanol–water partition coefficient (Wildman–Crippen LogP) is 3.07. The van der Waals surface area contributed by atoms with Gasteiger partial charge in [-0.15, -0.1) is 11.3 Å². The Labute approximate surface area is 82.8 Å². The van der Waals surface area contributed by atoms with Crippen molar-refractivity contribution in [1.82, 2.24) is 9.97 Å². The minimum absolute atomic E-state index is 0.924. The third kappa shape index (κ3) is 1.25. The van der Waals surface area contributed by atoms with Crippen molar-refractivity contribution in [2.24, 2.45) is 0 Å².